The summed E-state index contributed by atoms with van der Waals surface area (Å²) in [5, 5.41) is 5.91. The Bertz CT molecular complexity index is 1860. The number of fused-ring (bicyclic) bond motifs is 1. The third kappa shape index (κ3) is 8.11. The van der Waals surface area contributed by atoms with Crippen molar-refractivity contribution in [1.82, 2.24) is 19.8 Å². The van der Waals surface area contributed by atoms with Gasteiger partial charge in [0.1, 0.15) is 15.9 Å². The number of halogens is 3. The van der Waals surface area contributed by atoms with Gasteiger partial charge in [0.2, 0.25) is 5.91 Å². The van der Waals surface area contributed by atoms with E-state index < -0.39 is 29.3 Å². The second-order valence-corrected chi connectivity index (χ2v) is 13.9. The van der Waals surface area contributed by atoms with Crippen molar-refractivity contribution in [3.8, 4) is 11.3 Å². The van der Waals surface area contributed by atoms with Crippen LogP contribution in [0.15, 0.2) is 54.6 Å². The zero-order valence-corrected chi connectivity index (χ0v) is 27.5. The molecule has 1 aliphatic carbocycles. The van der Waals surface area contributed by atoms with E-state index in [-0.39, 0.29) is 35.2 Å². The lowest BCUT2D eigenvalue weighted by atomic mass is 10.0. The number of anilines is 2. The van der Waals surface area contributed by atoms with Crippen LogP contribution in [-0.2, 0) is 22.3 Å². The molecule has 6 rings (SSSR count). The highest BCUT2D eigenvalue weighted by Gasteiger charge is 2.35. The third-order valence-electron chi connectivity index (χ3n) is 7.95. The monoisotopic (exact) mass is 680 g/mol. The lowest BCUT2D eigenvalue weighted by molar-refractivity contribution is -0.138. The van der Waals surface area contributed by atoms with Gasteiger partial charge in [-0.15, -0.1) is 0 Å². The fraction of sp³-hybridized carbons (Fsp3) is 0.382. The maximum atomic E-state index is 14.2. The number of rotatable bonds is 7. The van der Waals surface area contributed by atoms with E-state index in [2.05, 4.69) is 20.6 Å². The smallest absolute Gasteiger partial charge is 0.416 e. The van der Waals surface area contributed by atoms with Gasteiger partial charge in [0, 0.05) is 55.5 Å². The molecular formula is C34H35F3N6O4S. The molecule has 48 heavy (non-hydrogen) atoms. The van der Waals surface area contributed by atoms with Gasteiger partial charge in [-0.2, -0.15) is 13.2 Å². The minimum absolute atomic E-state index is 0.0150. The topological polar surface area (TPSA) is 117 Å². The first-order valence-corrected chi connectivity index (χ1v) is 16.4. The predicted molar refractivity (Wildman–Crippen MR) is 177 cm³/mol. The second-order valence-electron chi connectivity index (χ2n) is 13.0. The molecule has 0 atom stereocenters. The molecule has 0 spiro atoms. The van der Waals surface area contributed by atoms with Crippen LogP contribution in [0.5, 0.6) is 0 Å². The number of alkyl halides is 3. The van der Waals surface area contributed by atoms with Crippen molar-refractivity contribution in [2.24, 2.45) is 5.92 Å². The van der Waals surface area contributed by atoms with Crippen LogP contribution in [0.2, 0.25) is 0 Å². The Kier molecular flexibility index (Phi) is 9.14. The van der Waals surface area contributed by atoms with Gasteiger partial charge < -0.3 is 20.3 Å². The Morgan fingerprint density at radius 2 is 1.69 bits per heavy atom. The molecule has 252 valence electrons. The molecule has 2 aromatic carbocycles. The minimum atomic E-state index is -4.64. The van der Waals surface area contributed by atoms with Crippen molar-refractivity contribution in [2.45, 2.75) is 51.9 Å². The van der Waals surface area contributed by atoms with Gasteiger partial charge in [-0.25, -0.2) is 14.8 Å². The molecule has 2 aliphatic rings. The number of carbonyl (C=O) groups is 3. The van der Waals surface area contributed by atoms with Gasteiger partial charge in [0.25, 0.3) is 5.91 Å². The van der Waals surface area contributed by atoms with Crippen LogP contribution in [0.4, 0.5) is 28.8 Å². The number of piperazine rings is 1. The Morgan fingerprint density at radius 3 is 2.38 bits per heavy atom. The number of ether oxygens (including phenoxy) is 1. The van der Waals surface area contributed by atoms with Crippen molar-refractivity contribution < 1.29 is 32.3 Å². The molecule has 3 heterocycles. The highest BCUT2D eigenvalue weighted by Crippen LogP contribution is 2.35. The fourth-order valence-electron chi connectivity index (χ4n) is 5.32. The lowest BCUT2D eigenvalue weighted by Crippen LogP contribution is -2.49. The highest BCUT2D eigenvalue weighted by atomic mass is 32.1. The molecular weight excluding hydrogens is 645 g/mol. The van der Waals surface area contributed by atoms with Crippen LogP contribution in [-0.4, -0.2) is 69.5 Å². The SMILES string of the molecule is CC(C)(C)OC(=O)N1CCN(Cc2ccc(NC(=O)c3cccc(-c4ccc5nc(NC(=O)C6CC6)sc5n4)c3)cc2C(F)(F)F)CC1. The Balaban J connectivity index is 1.12. The Labute approximate surface area is 279 Å². The third-order valence-corrected chi connectivity index (χ3v) is 8.83. The molecule has 2 N–H and O–H groups in total. The highest BCUT2D eigenvalue weighted by molar-refractivity contribution is 7.22. The minimum Gasteiger partial charge on any atom is -0.444 e. The molecule has 1 saturated heterocycles. The number of thiazole rings is 1. The zero-order valence-electron chi connectivity index (χ0n) is 26.7. The standard InChI is InChI=1S/C34H35F3N6O4S/c1-33(2,3)47-32(46)43-15-13-42(14-16-43)19-23-9-10-24(18-25(23)34(35,36)37)38-29(45)22-6-4-5-21(17-22)26-11-12-27-30(39-26)48-31(40-27)41-28(44)20-7-8-20/h4-6,9-12,17-18,20H,7-8,13-16,19H2,1-3H3,(H,38,45)(H,40,41,44). The molecule has 0 bridgehead atoms. The van der Waals surface area contributed by atoms with Crippen molar-refractivity contribution in [3.63, 3.8) is 0 Å². The second kappa shape index (κ2) is 13.2. The molecule has 0 unspecified atom stereocenters. The summed E-state index contributed by atoms with van der Waals surface area (Å²) in [6.07, 6.45) is -3.31. The number of carbonyl (C=O) groups excluding carboxylic acids is 3. The van der Waals surface area contributed by atoms with E-state index in [0.29, 0.717) is 52.9 Å². The van der Waals surface area contributed by atoms with Crippen molar-refractivity contribution in [1.29, 1.82) is 0 Å². The number of pyridine rings is 1. The van der Waals surface area contributed by atoms with E-state index in [0.717, 1.165) is 18.9 Å². The molecule has 10 nitrogen and oxygen atoms in total. The number of amides is 3. The molecule has 14 heteroatoms. The summed E-state index contributed by atoms with van der Waals surface area (Å²) in [5.41, 5.74) is 0.724. The first kappa shape index (κ1) is 33.3. The number of nitrogens with one attached hydrogen (secondary N) is 2. The Morgan fingerprint density at radius 1 is 0.938 bits per heavy atom. The first-order chi connectivity index (χ1) is 22.7. The van der Waals surface area contributed by atoms with Crippen LogP contribution in [0.3, 0.4) is 0 Å². The predicted octanol–water partition coefficient (Wildman–Crippen LogP) is 7.03. The number of benzene rings is 2. The van der Waals surface area contributed by atoms with Crippen LogP contribution in [0.1, 0.15) is 55.1 Å². The van der Waals surface area contributed by atoms with Gasteiger partial charge in [-0.1, -0.05) is 29.5 Å². The largest absolute Gasteiger partial charge is 0.444 e. The number of aromatic nitrogens is 2. The molecule has 4 aromatic rings. The zero-order chi connectivity index (χ0) is 34.2. The van der Waals surface area contributed by atoms with Gasteiger partial charge in [0.15, 0.2) is 5.13 Å². The number of hydrogen-bond donors (Lipinski definition) is 2. The fourth-order valence-corrected chi connectivity index (χ4v) is 6.16. The normalized spacial score (nSPS) is 15.8. The summed E-state index contributed by atoms with van der Waals surface area (Å²) in [6.45, 7) is 6.86. The van der Waals surface area contributed by atoms with E-state index in [1.54, 1.807) is 62.1 Å². The first-order valence-electron chi connectivity index (χ1n) is 15.6. The van der Waals surface area contributed by atoms with E-state index in [4.69, 9.17) is 4.74 Å². The van der Waals surface area contributed by atoms with Crippen LogP contribution in [0.25, 0.3) is 21.6 Å². The summed E-state index contributed by atoms with van der Waals surface area (Å²) >= 11 is 1.26. The summed E-state index contributed by atoms with van der Waals surface area (Å²) in [6, 6.07) is 14.0. The lowest BCUT2D eigenvalue weighted by Gasteiger charge is -2.36. The van der Waals surface area contributed by atoms with E-state index >= 15 is 0 Å². The van der Waals surface area contributed by atoms with Gasteiger partial charge in [-0.3, -0.25) is 14.5 Å². The van der Waals surface area contributed by atoms with Crippen molar-refractivity contribution >= 4 is 50.4 Å². The average Bonchev–Trinajstić information content (AvgIpc) is 3.81. The van der Waals surface area contributed by atoms with Gasteiger partial charge in [-0.05, 0) is 75.6 Å². The average molecular weight is 681 g/mol. The van der Waals surface area contributed by atoms with E-state index in [1.807, 2.05) is 4.90 Å². The van der Waals surface area contributed by atoms with Gasteiger partial charge in [0.05, 0.1) is 11.3 Å². The molecule has 1 aliphatic heterocycles. The van der Waals surface area contributed by atoms with Crippen molar-refractivity contribution in [2.75, 3.05) is 36.8 Å². The number of nitrogens with zero attached hydrogens (tertiary/aromatic N) is 4. The number of hydrogen-bond acceptors (Lipinski definition) is 8. The molecule has 3 amide bonds. The molecule has 0 radical (unpaired) electrons. The van der Waals surface area contributed by atoms with Crippen LogP contribution >= 0.6 is 11.3 Å². The quantitative estimate of drug-likeness (QED) is 0.215. The molecule has 1 saturated carbocycles. The summed E-state index contributed by atoms with van der Waals surface area (Å²) in [5.74, 6) is -0.562. The van der Waals surface area contributed by atoms with Gasteiger partial charge >= 0.3 is 12.3 Å². The Hall–Kier alpha value is -4.56. The summed E-state index contributed by atoms with van der Waals surface area (Å²) in [7, 11) is 0. The molecule has 2 aromatic heterocycles. The maximum Gasteiger partial charge on any atom is 0.416 e. The van der Waals surface area contributed by atoms with Crippen LogP contribution in [0, 0.1) is 5.92 Å². The maximum absolute atomic E-state index is 14.2. The summed E-state index contributed by atoms with van der Waals surface area (Å²) < 4.78 is 48.0. The van der Waals surface area contributed by atoms with E-state index in [9.17, 15) is 27.6 Å². The molecule has 2 fully saturated rings. The van der Waals surface area contributed by atoms with E-state index in [1.165, 1.54) is 23.5 Å². The summed E-state index contributed by atoms with van der Waals surface area (Å²) in [4.78, 5) is 50.8. The van der Waals surface area contributed by atoms with Crippen molar-refractivity contribution in [3.05, 3.63) is 71.3 Å². The van der Waals surface area contributed by atoms with Crippen LogP contribution < -0.4 is 10.6 Å².